The Hall–Kier alpha value is -2.19. The molecule has 2 atom stereocenters. The van der Waals surface area contributed by atoms with Gasteiger partial charge in [0.2, 0.25) is 5.91 Å². The Kier molecular flexibility index (Phi) is 7.60. The van der Waals surface area contributed by atoms with Crippen LogP contribution in [0.25, 0.3) is 0 Å². The van der Waals surface area contributed by atoms with Crippen LogP contribution in [-0.2, 0) is 15.1 Å². The van der Waals surface area contributed by atoms with E-state index >= 15 is 0 Å². The van der Waals surface area contributed by atoms with Crippen LogP contribution in [0.5, 0.6) is 0 Å². The topological polar surface area (TPSA) is 105 Å². The van der Waals surface area contributed by atoms with Crippen LogP contribution < -0.4 is 16.4 Å². The number of nitrogens with one attached hydrogen (secondary N) is 2. The minimum absolute atomic E-state index is 0. The highest BCUT2D eigenvalue weighted by molar-refractivity contribution is 6.09. The Morgan fingerprint density at radius 2 is 1.90 bits per heavy atom. The first-order chi connectivity index (χ1) is 13.3. The summed E-state index contributed by atoms with van der Waals surface area (Å²) in [5.74, 6) is -1.06. The van der Waals surface area contributed by atoms with Crippen molar-refractivity contribution in [2.45, 2.75) is 50.6 Å². The van der Waals surface area contributed by atoms with Gasteiger partial charge in [0.15, 0.2) is 0 Å². The van der Waals surface area contributed by atoms with Crippen LogP contribution in [0.15, 0.2) is 24.3 Å². The molecule has 160 valence electrons. The van der Waals surface area contributed by atoms with Gasteiger partial charge in [0.25, 0.3) is 5.91 Å². The van der Waals surface area contributed by atoms with Gasteiger partial charge in [-0.05, 0) is 43.4 Å². The highest BCUT2D eigenvalue weighted by Gasteiger charge is 2.49. The van der Waals surface area contributed by atoms with Gasteiger partial charge in [-0.2, -0.15) is 0 Å². The van der Waals surface area contributed by atoms with Crippen molar-refractivity contribution < 1.29 is 18.8 Å². The number of amides is 4. The second-order valence-electron chi connectivity index (χ2n) is 7.76. The molecule has 0 aromatic heterocycles. The molecule has 29 heavy (non-hydrogen) atoms. The number of benzene rings is 1. The Morgan fingerprint density at radius 1 is 1.28 bits per heavy atom. The van der Waals surface area contributed by atoms with E-state index in [4.69, 9.17) is 5.73 Å². The summed E-state index contributed by atoms with van der Waals surface area (Å²) >= 11 is 0. The molecule has 0 bridgehead atoms. The number of halogens is 2. The van der Waals surface area contributed by atoms with Gasteiger partial charge >= 0.3 is 6.03 Å². The smallest absolute Gasteiger partial charge is 0.325 e. The van der Waals surface area contributed by atoms with E-state index in [2.05, 4.69) is 10.6 Å². The largest absolute Gasteiger partial charge is 0.350 e. The van der Waals surface area contributed by atoms with E-state index < -0.39 is 29.2 Å². The fraction of sp³-hybridized carbons (Fsp3) is 0.550. The molecule has 1 saturated carbocycles. The third-order valence-electron chi connectivity index (χ3n) is 5.82. The Balaban J connectivity index is 0.00000300. The number of hydrogen-bond donors (Lipinski definition) is 3. The van der Waals surface area contributed by atoms with Crippen LogP contribution in [0, 0.1) is 11.7 Å². The minimum atomic E-state index is -1.33. The van der Waals surface area contributed by atoms with Gasteiger partial charge in [-0.1, -0.05) is 31.4 Å². The van der Waals surface area contributed by atoms with Gasteiger partial charge in [-0.15, -0.1) is 12.4 Å². The summed E-state index contributed by atoms with van der Waals surface area (Å²) in [6.45, 7) is 1.50. The highest BCUT2D eigenvalue weighted by atomic mass is 35.5. The van der Waals surface area contributed by atoms with E-state index in [-0.39, 0.29) is 25.0 Å². The number of carbonyl (C=O) groups is 3. The van der Waals surface area contributed by atoms with Gasteiger partial charge in [0, 0.05) is 12.6 Å². The lowest BCUT2D eigenvalue weighted by Crippen LogP contribution is -2.50. The van der Waals surface area contributed by atoms with Crippen molar-refractivity contribution in [1.29, 1.82) is 0 Å². The van der Waals surface area contributed by atoms with Crippen molar-refractivity contribution in [3.05, 3.63) is 35.6 Å². The van der Waals surface area contributed by atoms with Gasteiger partial charge in [-0.25, -0.2) is 9.18 Å². The summed E-state index contributed by atoms with van der Waals surface area (Å²) in [7, 11) is 0. The molecule has 9 heteroatoms. The lowest BCUT2D eigenvalue weighted by Gasteiger charge is -2.30. The number of nitrogens with two attached hydrogens (primary N) is 1. The SMILES string of the molecule is CC1(c2ccc(F)cc2)NC(=O)N(CC(=O)NC(CN)C2CCCCC2)C1=O.Cl. The van der Waals surface area contributed by atoms with E-state index in [1.807, 2.05) is 0 Å². The molecule has 4 amide bonds. The molecule has 2 aliphatic rings. The quantitative estimate of drug-likeness (QED) is 0.605. The second kappa shape index (κ2) is 9.54. The van der Waals surface area contributed by atoms with E-state index in [1.165, 1.54) is 30.7 Å². The minimum Gasteiger partial charge on any atom is -0.350 e. The molecule has 2 fully saturated rings. The van der Waals surface area contributed by atoms with Crippen molar-refractivity contribution in [1.82, 2.24) is 15.5 Å². The van der Waals surface area contributed by atoms with Crippen LogP contribution in [0.1, 0.15) is 44.6 Å². The first kappa shape index (κ1) is 23.1. The van der Waals surface area contributed by atoms with Crippen molar-refractivity contribution in [3.63, 3.8) is 0 Å². The third-order valence-corrected chi connectivity index (χ3v) is 5.82. The average molecular weight is 427 g/mol. The van der Waals surface area contributed by atoms with Gasteiger partial charge in [-0.3, -0.25) is 14.5 Å². The summed E-state index contributed by atoms with van der Waals surface area (Å²) in [4.78, 5) is 38.6. The predicted octanol–water partition coefficient (Wildman–Crippen LogP) is 2.04. The molecule has 7 nitrogen and oxygen atoms in total. The van der Waals surface area contributed by atoms with Gasteiger partial charge < -0.3 is 16.4 Å². The van der Waals surface area contributed by atoms with E-state index in [9.17, 15) is 18.8 Å². The van der Waals surface area contributed by atoms with Crippen LogP contribution in [0.2, 0.25) is 0 Å². The fourth-order valence-electron chi connectivity index (χ4n) is 4.12. The van der Waals surface area contributed by atoms with E-state index in [1.54, 1.807) is 6.92 Å². The molecule has 1 aromatic rings. The lowest BCUT2D eigenvalue weighted by molar-refractivity contribution is -0.135. The number of urea groups is 1. The van der Waals surface area contributed by atoms with Crippen LogP contribution >= 0.6 is 12.4 Å². The lowest BCUT2D eigenvalue weighted by atomic mass is 9.84. The van der Waals surface area contributed by atoms with Crippen molar-refractivity contribution in [2.24, 2.45) is 11.7 Å². The number of carbonyl (C=O) groups excluding carboxylic acids is 3. The molecule has 1 aliphatic heterocycles. The second-order valence-corrected chi connectivity index (χ2v) is 7.76. The Labute approximate surface area is 176 Å². The number of hydrogen-bond acceptors (Lipinski definition) is 4. The standard InChI is InChI=1S/C20H27FN4O3.ClH/c1-20(14-7-9-15(21)10-8-14)18(27)25(19(28)24-20)12-17(26)23-16(11-22)13-5-3-2-4-6-13;/h7-10,13,16H,2-6,11-12,22H2,1H3,(H,23,26)(H,24,28);1H. The molecular weight excluding hydrogens is 399 g/mol. The van der Waals surface area contributed by atoms with Crippen LogP contribution in [-0.4, -0.2) is 41.9 Å². The molecule has 4 N–H and O–H groups in total. The maximum Gasteiger partial charge on any atom is 0.325 e. The van der Waals surface area contributed by atoms with Crippen molar-refractivity contribution in [2.75, 3.05) is 13.1 Å². The summed E-state index contributed by atoms with van der Waals surface area (Å²) in [6, 6.07) is 4.55. The van der Waals surface area contributed by atoms with Crippen molar-refractivity contribution in [3.8, 4) is 0 Å². The number of imide groups is 1. The molecule has 1 aromatic carbocycles. The van der Waals surface area contributed by atoms with Crippen LogP contribution in [0.4, 0.5) is 9.18 Å². The fourth-order valence-corrected chi connectivity index (χ4v) is 4.12. The molecular formula is C20H28ClFN4O3. The zero-order valence-electron chi connectivity index (χ0n) is 16.4. The summed E-state index contributed by atoms with van der Waals surface area (Å²) < 4.78 is 13.2. The highest BCUT2D eigenvalue weighted by Crippen LogP contribution is 2.29. The normalized spacial score (nSPS) is 23.3. The molecule has 1 saturated heterocycles. The maximum absolute atomic E-state index is 13.2. The summed E-state index contributed by atoms with van der Waals surface area (Å²) in [5.41, 5.74) is 4.96. The Morgan fingerprint density at radius 3 is 2.48 bits per heavy atom. The summed E-state index contributed by atoms with van der Waals surface area (Å²) in [6.07, 6.45) is 5.49. The van der Waals surface area contributed by atoms with E-state index in [0.29, 0.717) is 18.0 Å². The van der Waals surface area contributed by atoms with Crippen molar-refractivity contribution >= 4 is 30.3 Å². The molecule has 2 unspecified atom stereocenters. The third kappa shape index (κ3) is 4.87. The predicted molar refractivity (Wildman–Crippen MR) is 109 cm³/mol. The molecule has 1 heterocycles. The molecule has 1 aliphatic carbocycles. The monoisotopic (exact) mass is 426 g/mol. The first-order valence-corrected chi connectivity index (χ1v) is 9.74. The van der Waals surface area contributed by atoms with Gasteiger partial charge in [0.1, 0.15) is 17.9 Å². The number of nitrogens with zero attached hydrogens (tertiary/aromatic N) is 1. The Bertz CT molecular complexity index is 755. The van der Waals surface area contributed by atoms with Gasteiger partial charge in [0.05, 0.1) is 0 Å². The van der Waals surface area contributed by atoms with Crippen LogP contribution in [0.3, 0.4) is 0 Å². The molecule has 3 rings (SSSR count). The maximum atomic E-state index is 13.2. The zero-order valence-corrected chi connectivity index (χ0v) is 17.3. The molecule has 0 spiro atoms. The first-order valence-electron chi connectivity index (χ1n) is 9.74. The summed E-state index contributed by atoms with van der Waals surface area (Å²) in [5, 5.41) is 5.50. The molecule has 0 radical (unpaired) electrons. The van der Waals surface area contributed by atoms with E-state index in [0.717, 1.165) is 30.6 Å². The number of rotatable bonds is 6. The zero-order chi connectivity index (χ0) is 20.3. The average Bonchev–Trinajstić information content (AvgIpc) is 2.91.